The number of hydrogen-bond donors (Lipinski definition) is 1. The summed E-state index contributed by atoms with van der Waals surface area (Å²) in [5, 5.41) is 6.25. The fourth-order valence-corrected chi connectivity index (χ4v) is 3.00. The molecule has 1 aromatic heterocycles. The van der Waals surface area contributed by atoms with Crippen molar-refractivity contribution in [2.24, 2.45) is 5.10 Å². The van der Waals surface area contributed by atoms with Crippen LogP contribution in [0.2, 0.25) is 5.02 Å². The Bertz CT molecular complexity index is 932. The molecule has 0 aliphatic heterocycles. The minimum Gasteiger partial charge on any atom is -0.333 e. The standard InChI is InChI=1S/C20H18ClN3/c1-3-12-24-15(2)18(17-9-5-7-11-20(17)24)14-23-22-13-16-8-4-6-10-19(16)21/h1,4-11,14,22H,12-13H2,2H3/b23-14-. The van der Waals surface area contributed by atoms with E-state index >= 15 is 0 Å². The largest absolute Gasteiger partial charge is 0.333 e. The lowest BCUT2D eigenvalue weighted by Gasteiger charge is -2.03. The maximum atomic E-state index is 6.15. The normalized spacial score (nSPS) is 11.0. The summed E-state index contributed by atoms with van der Waals surface area (Å²) in [5.41, 5.74) is 7.39. The molecule has 0 fully saturated rings. The van der Waals surface area contributed by atoms with Crippen molar-refractivity contribution in [3.8, 4) is 12.3 Å². The van der Waals surface area contributed by atoms with Crippen LogP contribution >= 0.6 is 11.6 Å². The number of hydrogen-bond acceptors (Lipinski definition) is 2. The van der Waals surface area contributed by atoms with Crippen LogP contribution in [0.5, 0.6) is 0 Å². The van der Waals surface area contributed by atoms with E-state index in [9.17, 15) is 0 Å². The van der Waals surface area contributed by atoms with Crippen LogP contribution in [0.4, 0.5) is 0 Å². The smallest absolute Gasteiger partial charge is 0.0837 e. The number of hydrazone groups is 1. The predicted molar refractivity (Wildman–Crippen MR) is 101 cm³/mol. The Balaban J connectivity index is 1.84. The number of nitrogens with zero attached hydrogens (tertiary/aromatic N) is 2. The molecular weight excluding hydrogens is 318 g/mol. The van der Waals surface area contributed by atoms with Crippen LogP contribution < -0.4 is 5.43 Å². The summed E-state index contributed by atoms with van der Waals surface area (Å²) >= 11 is 6.15. The van der Waals surface area contributed by atoms with Gasteiger partial charge in [0.15, 0.2) is 0 Å². The number of para-hydroxylation sites is 1. The number of halogens is 1. The van der Waals surface area contributed by atoms with E-state index in [0.717, 1.165) is 32.7 Å². The number of benzene rings is 2. The van der Waals surface area contributed by atoms with Crippen LogP contribution in [-0.2, 0) is 13.1 Å². The molecule has 4 heteroatoms. The van der Waals surface area contributed by atoms with Crippen molar-refractivity contribution < 1.29 is 0 Å². The average molecular weight is 336 g/mol. The minimum absolute atomic E-state index is 0.549. The first kappa shape index (κ1) is 16.2. The minimum atomic E-state index is 0.549. The second-order valence-corrected chi connectivity index (χ2v) is 5.90. The number of rotatable bonds is 5. The Hall–Kier alpha value is -2.70. The van der Waals surface area contributed by atoms with Crippen LogP contribution in [0.1, 0.15) is 16.8 Å². The second kappa shape index (κ2) is 7.25. The second-order valence-electron chi connectivity index (χ2n) is 5.49. The molecule has 0 aliphatic rings. The van der Waals surface area contributed by atoms with Gasteiger partial charge in [-0.2, -0.15) is 5.10 Å². The number of fused-ring (bicyclic) bond motifs is 1. The maximum absolute atomic E-state index is 6.15. The van der Waals surface area contributed by atoms with Gasteiger partial charge in [0.2, 0.25) is 0 Å². The van der Waals surface area contributed by atoms with Gasteiger partial charge in [-0.25, -0.2) is 0 Å². The monoisotopic (exact) mass is 335 g/mol. The predicted octanol–water partition coefficient (Wildman–Crippen LogP) is 4.36. The van der Waals surface area contributed by atoms with E-state index in [4.69, 9.17) is 18.0 Å². The lowest BCUT2D eigenvalue weighted by molar-refractivity contribution is 0.748. The van der Waals surface area contributed by atoms with Crippen molar-refractivity contribution in [3.05, 3.63) is 70.4 Å². The molecule has 3 nitrogen and oxygen atoms in total. The first-order chi connectivity index (χ1) is 11.7. The Labute approximate surface area is 146 Å². The van der Waals surface area contributed by atoms with Crippen LogP contribution in [0.25, 0.3) is 10.9 Å². The van der Waals surface area contributed by atoms with Crippen molar-refractivity contribution in [2.45, 2.75) is 20.0 Å². The lowest BCUT2D eigenvalue weighted by atomic mass is 10.1. The molecule has 0 aliphatic carbocycles. The molecule has 0 radical (unpaired) electrons. The third-order valence-corrected chi connectivity index (χ3v) is 4.41. The Morgan fingerprint density at radius 3 is 2.75 bits per heavy atom. The summed E-state index contributed by atoms with van der Waals surface area (Å²) in [7, 11) is 0. The summed E-state index contributed by atoms with van der Waals surface area (Å²) in [6.07, 6.45) is 7.35. The molecule has 3 rings (SSSR count). The van der Waals surface area contributed by atoms with Gasteiger partial charge in [-0.3, -0.25) is 0 Å². The fraction of sp³-hybridized carbons (Fsp3) is 0.150. The SMILES string of the molecule is C#CCn1c(C)c(/C=N\NCc2ccccc2Cl)c2ccccc21. The van der Waals surface area contributed by atoms with E-state index in [-0.39, 0.29) is 0 Å². The Kier molecular flexibility index (Phi) is 4.88. The van der Waals surface area contributed by atoms with Crippen molar-refractivity contribution in [3.63, 3.8) is 0 Å². The summed E-state index contributed by atoms with van der Waals surface area (Å²) in [4.78, 5) is 0. The van der Waals surface area contributed by atoms with Gasteiger partial charge in [-0.05, 0) is 24.6 Å². The van der Waals surface area contributed by atoms with Crippen molar-refractivity contribution >= 4 is 28.7 Å². The molecule has 0 unspecified atom stereocenters. The maximum Gasteiger partial charge on any atom is 0.0837 e. The van der Waals surface area contributed by atoms with E-state index in [1.807, 2.05) is 42.6 Å². The zero-order valence-electron chi connectivity index (χ0n) is 13.5. The first-order valence-corrected chi connectivity index (χ1v) is 8.10. The van der Waals surface area contributed by atoms with Gasteiger partial charge >= 0.3 is 0 Å². The number of terminal acetylenes is 1. The molecule has 0 amide bonds. The highest BCUT2D eigenvalue weighted by atomic mass is 35.5. The summed E-state index contributed by atoms with van der Waals surface area (Å²) in [6.45, 7) is 3.19. The van der Waals surface area contributed by atoms with Crippen molar-refractivity contribution in [1.29, 1.82) is 0 Å². The fourth-order valence-electron chi connectivity index (χ4n) is 2.80. The topological polar surface area (TPSA) is 29.3 Å². The van der Waals surface area contributed by atoms with Crippen LogP contribution in [0.15, 0.2) is 53.6 Å². The van der Waals surface area contributed by atoms with E-state index < -0.39 is 0 Å². The number of aromatic nitrogens is 1. The molecule has 2 aromatic carbocycles. The van der Waals surface area contributed by atoms with Gasteiger partial charge in [0, 0.05) is 27.2 Å². The lowest BCUT2D eigenvalue weighted by Crippen LogP contribution is -2.06. The Morgan fingerprint density at radius 1 is 1.21 bits per heavy atom. The summed E-state index contributed by atoms with van der Waals surface area (Å²) < 4.78 is 2.13. The van der Waals surface area contributed by atoms with E-state index in [0.29, 0.717) is 13.1 Å². The van der Waals surface area contributed by atoms with Gasteiger partial charge in [0.25, 0.3) is 0 Å². The average Bonchev–Trinajstić information content (AvgIpc) is 2.86. The molecular formula is C20H18ClN3. The zero-order chi connectivity index (χ0) is 16.9. The van der Waals surface area contributed by atoms with E-state index in [2.05, 4.69) is 40.1 Å². The van der Waals surface area contributed by atoms with Crippen LogP contribution in [0, 0.1) is 19.3 Å². The van der Waals surface area contributed by atoms with Gasteiger partial charge in [0.1, 0.15) is 0 Å². The van der Waals surface area contributed by atoms with Crippen molar-refractivity contribution in [1.82, 2.24) is 9.99 Å². The molecule has 1 N–H and O–H groups in total. The molecule has 0 bridgehead atoms. The molecule has 0 spiro atoms. The highest BCUT2D eigenvalue weighted by Gasteiger charge is 2.11. The third-order valence-electron chi connectivity index (χ3n) is 4.04. The summed E-state index contributed by atoms with van der Waals surface area (Å²) in [6, 6.07) is 15.9. The van der Waals surface area contributed by atoms with Gasteiger partial charge in [0.05, 0.1) is 19.3 Å². The number of nitrogens with one attached hydrogen (secondary N) is 1. The first-order valence-electron chi connectivity index (χ1n) is 7.73. The van der Waals surface area contributed by atoms with E-state index in [1.165, 1.54) is 0 Å². The summed E-state index contributed by atoms with van der Waals surface area (Å²) in [5.74, 6) is 2.71. The highest BCUT2D eigenvalue weighted by molar-refractivity contribution is 6.31. The van der Waals surface area contributed by atoms with Gasteiger partial charge in [-0.15, -0.1) is 6.42 Å². The molecule has 0 saturated carbocycles. The molecule has 0 atom stereocenters. The van der Waals surface area contributed by atoms with Gasteiger partial charge in [-0.1, -0.05) is 53.9 Å². The molecule has 120 valence electrons. The Morgan fingerprint density at radius 2 is 1.96 bits per heavy atom. The van der Waals surface area contributed by atoms with Crippen LogP contribution in [-0.4, -0.2) is 10.8 Å². The molecule has 1 heterocycles. The highest BCUT2D eigenvalue weighted by Crippen LogP contribution is 2.24. The zero-order valence-corrected chi connectivity index (χ0v) is 14.2. The third kappa shape index (κ3) is 3.15. The molecule has 24 heavy (non-hydrogen) atoms. The van der Waals surface area contributed by atoms with Crippen molar-refractivity contribution in [2.75, 3.05) is 0 Å². The van der Waals surface area contributed by atoms with E-state index in [1.54, 1.807) is 0 Å². The molecule has 3 aromatic rings. The quantitative estimate of drug-likeness (QED) is 0.419. The van der Waals surface area contributed by atoms with Crippen LogP contribution in [0.3, 0.4) is 0 Å². The van der Waals surface area contributed by atoms with Gasteiger partial charge < -0.3 is 9.99 Å². The molecule has 0 saturated heterocycles.